The summed E-state index contributed by atoms with van der Waals surface area (Å²) in [6.45, 7) is 1.94. The largest absolute Gasteiger partial charge is 0.492 e. The van der Waals surface area contributed by atoms with E-state index in [0.29, 0.717) is 31.8 Å². The summed E-state index contributed by atoms with van der Waals surface area (Å²) in [4.78, 5) is 18.3. The lowest BCUT2D eigenvalue weighted by Crippen LogP contribution is -2.31. The van der Waals surface area contributed by atoms with Gasteiger partial charge < -0.3 is 19.0 Å². The standard InChI is InChI=1S/C20H16Br3N3O5/c1-9-15(20(27)25-24-7-10-3-5-11(21)6-4-10)26-31-16(9)12-13(22)17(28-2)19-18(14(12)23)29-8-30-19/h3-7,9,16H,8H2,1-2H3,(H,25,27)/b24-7+. The lowest BCUT2D eigenvalue weighted by molar-refractivity contribution is -0.115. The van der Waals surface area contributed by atoms with Crippen LogP contribution in [0.15, 0.2) is 47.9 Å². The molecule has 11 heteroatoms. The minimum Gasteiger partial charge on any atom is -0.492 e. The molecule has 2 heterocycles. The Kier molecular flexibility index (Phi) is 6.54. The van der Waals surface area contributed by atoms with E-state index in [1.54, 1.807) is 6.21 Å². The summed E-state index contributed by atoms with van der Waals surface area (Å²) in [7, 11) is 1.54. The van der Waals surface area contributed by atoms with E-state index in [1.807, 2.05) is 31.2 Å². The number of ether oxygens (including phenoxy) is 3. The maximum absolute atomic E-state index is 12.6. The molecule has 0 saturated heterocycles. The van der Waals surface area contributed by atoms with E-state index in [9.17, 15) is 4.79 Å². The molecule has 2 atom stereocenters. The van der Waals surface area contributed by atoms with E-state index in [-0.39, 0.29) is 18.4 Å². The number of hydrazone groups is 1. The van der Waals surface area contributed by atoms with E-state index in [0.717, 1.165) is 10.0 Å². The van der Waals surface area contributed by atoms with Crippen LogP contribution in [0.4, 0.5) is 0 Å². The highest BCUT2D eigenvalue weighted by Crippen LogP contribution is 2.55. The van der Waals surface area contributed by atoms with Gasteiger partial charge >= 0.3 is 0 Å². The number of carbonyl (C=O) groups excluding carboxylic acids is 1. The third kappa shape index (κ3) is 4.18. The van der Waals surface area contributed by atoms with Crippen LogP contribution in [0.3, 0.4) is 0 Å². The van der Waals surface area contributed by atoms with E-state index in [4.69, 9.17) is 19.0 Å². The molecule has 1 N–H and O–H groups in total. The van der Waals surface area contributed by atoms with E-state index < -0.39 is 12.0 Å². The van der Waals surface area contributed by atoms with Gasteiger partial charge in [-0.1, -0.05) is 40.1 Å². The monoisotopic (exact) mass is 615 g/mol. The number of amides is 1. The van der Waals surface area contributed by atoms with Gasteiger partial charge in [0.2, 0.25) is 12.5 Å². The molecule has 2 aliphatic rings. The molecule has 0 bridgehead atoms. The van der Waals surface area contributed by atoms with Crippen molar-refractivity contribution < 1.29 is 23.8 Å². The number of halogens is 3. The number of methoxy groups -OCH3 is 1. The first-order valence-electron chi connectivity index (χ1n) is 9.09. The first-order chi connectivity index (χ1) is 14.9. The van der Waals surface area contributed by atoms with Crippen molar-refractivity contribution in [1.29, 1.82) is 0 Å². The first kappa shape index (κ1) is 22.1. The Labute approximate surface area is 203 Å². The van der Waals surface area contributed by atoms with Crippen molar-refractivity contribution in [1.82, 2.24) is 5.43 Å². The lowest BCUT2D eigenvalue weighted by atomic mass is 9.93. The predicted molar refractivity (Wildman–Crippen MR) is 125 cm³/mol. The van der Waals surface area contributed by atoms with Gasteiger partial charge in [-0.25, -0.2) is 5.43 Å². The molecule has 0 radical (unpaired) electrons. The van der Waals surface area contributed by atoms with Gasteiger partial charge in [0, 0.05) is 10.0 Å². The quantitative estimate of drug-likeness (QED) is 0.380. The number of nitrogens with one attached hydrogen (secondary N) is 1. The Morgan fingerprint density at radius 2 is 1.90 bits per heavy atom. The minimum absolute atomic E-state index is 0.0851. The van der Waals surface area contributed by atoms with Crippen LogP contribution >= 0.6 is 47.8 Å². The molecule has 4 rings (SSSR count). The lowest BCUT2D eigenvalue weighted by Gasteiger charge is -2.20. The van der Waals surface area contributed by atoms with Gasteiger partial charge in [-0.15, -0.1) is 0 Å². The smallest absolute Gasteiger partial charge is 0.289 e. The van der Waals surface area contributed by atoms with Crippen LogP contribution in [0.1, 0.15) is 24.2 Å². The Balaban J connectivity index is 1.52. The van der Waals surface area contributed by atoms with E-state index >= 15 is 0 Å². The van der Waals surface area contributed by atoms with Crippen LogP contribution in [0.2, 0.25) is 0 Å². The SMILES string of the molecule is COc1c(Br)c(C2ON=C(C(=O)N/N=C/c3ccc(Br)cc3)C2C)c(Br)c2c1OCO2. The van der Waals surface area contributed by atoms with Crippen LogP contribution in [0, 0.1) is 5.92 Å². The minimum atomic E-state index is -0.552. The maximum Gasteiger partial charge on any atom is 0.289 e. The number of hydrogen-bond acceptors (Lipinski definition) is 7. The second kappa shape index (κ2) is 9.17. The Hall–Kier alpha value is -2.11. The fourth-order valence-corrected chi connectivity index (χ4v) is 5.25. The Morgan fingerprint density at radius 1 is 1.19 bits per heavy atom. The van der Waals surface area contributed by atoms with E-state index in [2.05, 4.69) is 63.5 Å². The molecule has 0 spiro atoms. The Morgan fingerprint density at radius 3 is 2.61 bits per heavy atom. The highest BCUT2D eigenvalue weighted by molar-refractivity contribution is 9.11. The summed E-state index contributed by atoms with van der Waals surface area (Å²) in [5, 5.41) is 8.02. The molecule has 0 saturated carbocycles. The molecule has 2 aromatic rings. The molecule has 0 aliphatic carbocycles. The first-order valence-corrected chi connectivity index (χ1v) is 11.5. The van der Waals surface area contributed by atoms with Gasteiger partial charge in [0.05, 0.1) is 28.2 Å². The highest BCUT2D eigenvalue weighted by atomic mass is 79.9. The van der Waals surface area contributed by atoms with Crippen molar-refractivity contribution in [2.45, 2.75) is 13.0 Å². The number of carbonyl (C=O) groups is 1. The average Bonchev–Trinajstić information content (AvgIpc) is 3.38. The highest BCUT2D eigenvalue weighted by Gasteiger charge is 2.41. The Bertz CT molecular complexity index is 1090. The molecule has 162 valence electrons. The van der Waals surface area contributed by atoms with Crippen molar-refractivity contribution in [3.63, 3.8) is 0 Å². The second-order valence-corrected chi connectivity index (χ2v) is 9.18. The molecule has 1 amide bonds. The van der Waals surface area contributed by atoms with Gasteiger partial charge in [0.25, 0.3) is 5.91 Å². The number of benzene rings is 2. The fraction of sp³-hybridized carbons (Fsp3) is 0.250. The van der Waals surface area contributed by atoms with Crippen LogP contribution in [0.5, 0.6) is 17.2 Å². The second-order valence-electron chi connectivity index (χ2n) is 6.68. The maximum atomic E-state index is 12.6. The number of nitrogens with zero attached hydrogens (tertiary/aromatic N) is 2. The number of fused-ring (bicyclic) bond motifs is 1. The van der Waals surface area contributed by atoms with Gasteiger partial charge in [-0.2, -0.15) is 5.10 Å². The zero-order valence-corrected chi connectivity index (χ0v) is 21.1. The fourth-order valence-electron chi connectivity index (χ4n) is 3.24. The van der Waals surface area contributed by atoms with Crippen molar-refractivity contribution in [3.8, 4) is 17.2 Å². The topological polar surface area (TPSA) is 90.7 Å². The molecule has 0 fully saturated rings. The summed E-state index contributed by atoms with van der Waals surface area (Å²) < 4.78 is 18.8. The third-order valence-corrected chi connectivity index (χ3v) is 6.91. The molecule has 2 aliphatic heterocycles. The van der Waals surface area contributed by atoms with Crippen molar-refractivity contribution in [2.75, 3.05) is 13.9 Å². The summed E-state index contributed by atoms with van der Waals surface area (Å²) in [5.74, 6) is 0.696. The van der Waals surface area contributed by atoms with Gasteiger partial charge in [0.1, 0.15) is 0 Å². The molecule has 0 aromatic heterocycles. The molecule has 31 heavy (non-hydrogen) atoms. The van der Waals surface area contributed by atoms with Gasteiger partial charge in [-0.3, -0.25) is 4.79 Å². The summed E-state index contributed by atoms with van der Waals surface area (Å²) in [5.41, 5.74) is 4.28. The predicted octanol–water partition coefficient (Wildman–Crippen LogP) is 4.93. The molecular weight excluding hydrogens is 602 g/mol. The van der Waals surface area contributed by atoms with E-state index in [1.165, 1.54) is 7.11 Å². The van der Waals surface area contributed by atoms with Gasteiger partial charge in [0.15, 0.2) is 23.3 Å². The van der Waals surface area contributed by atoms with Gasteiger partial charge in [-0.05, 0) is 49.6 Å². The van der Waals surface area contributed by atoms with Crippen molar-refractivity contribution in [2.24, 2.45) is 16.2 Å². The van der Waals surface area contributed by atoms with Crippen LogP contribution in [-0.4, -0.2) is 31.7 Å². The van der Waals surface area contributed by atoms with Crippen molar-refractivity contribution in [3.05, 3.63) is 48.8 Å². The molecule has 8 nitrogen and oxygen atoms in total. The van der Waals surface area contributed by atoms with Crippen LogP contribution in [-0.2, 0) is 9.63 Å². The number of rotatable bonds is 5. The van der Waals surface area contributed by atoms with Crippen LogP contribution in [0.25, 0.3) is 0 Å². The molecule has 2 aromatic carbocycles. The zero-order chi connectivity index (χ0) is 22.1. The third-order valence-electron chi connectivity index (χ3n) is 4.81. The number of hydrogen-bond donors (Lipinski definition) is 1. The summed E-state index contributed by atoms with van der Waals surface area (Å²) in [6.07, 6.45) is 1.00. The van der Waals surface area contributed by atoms with Crippen LogP contribution < -0.4 is 19.6 Å². The normalized spacial score (nSPS) is 19.3. The van der Waals surface area contributed by atoms with Crippen molar-refractivity contribution >= 4 is 65.6 Å². The number of oxime groups is 1. The zero-order valence-electron chi connectivity index (χ0n) is 16.3. The molecule has 2 unspecified atom stereocenters. The molecular formula is C20H16Br3N3O5. The summed E-state index contributed by atoms with van der Waals surface area (Å²) in [6, 6.07) is 7.52. The summed E-state index contributed by atoms with van der Waals surface area (Å²) >= 11 is 10.5. The average molecular weight is 618 g/mol.